The van der Waals surface area contributed by atoms with Gasteiger partial charge >= 0.3 is 0 Å². The van der Waals surface area contributed by atoms with Crippen molar-refractivity contribution >= 4 is 33.2 Å². The summed E-state index contributed by atoms with van der Waals surface area (Å²) in [5, 5.41) is 1.33. The van der Waals surface area contributed by atoms with Gasteiger partial charge in [0.2, 0.25) is 5.82 Å². The van der Waals surface area contributed by atoms with Crippen molar-refractivity contribution in [3.05, 3.63) is 34.6 Å². The number of nitrogens with zero attached hydrogens (tertiary/aromatic N) is 4. The molecule has 0 spiro atoms. The van der Waals surface area contributed by atoms with Crippen molar-refractivity contribution in [2.45, 2.75) is 6.92 Å². The lowest BCUT2D eigenvalue weighted by atomic mass is 10.4. The third-order valence-corrected chi connectivity index (χ3v) is 3.47. The van der Waals surface area contributed by atoms with E-state index in [1.54, 1.807) is 29.8 Å². The lowest BCUT2D eigenvalue weighted by Crippen LogP contribution is -1.94. The number of hydrogen-bond acceptors (Lipinski definition) is 5. The highest BCUT2D eigenvalue weighted by Gasteiger charge is 2.11. The smallest absolute Gasteiger partial charge is 0.200 e. The van der Waals surface area contributed by atoms with E-state index < -0.39 is 0 Å². The molecule has 0 atom stereocenters. The van der Waals surface area contributed by atoms with Gasteiger partial charge in [-0.25, -0.2) is 19.9 Å². The van der Waals surface area contributed by atoms with Gasteiger partial charge < -0.3 is 0 Å². The predicted octanol–water partition coefficient (Wildman–Crippen LogP) is 3.11. The molecular formula is C11H7ClN4S. The van der Waals surface area contributed by atoms with Crippen molar-refractivity contribution < 1.29 is 0 Å². The van der Waals surface area contributed by atoms with Crippen LogP contribution < -0.4 is 0 Å². The zero-order chi connectivity index (χ0) is 11.8. The zero-order valence-corrected chi connectivity index (χ0v) is 10.5. The largest absolute Gasteiger partial charge is 0.234 e. The minimum absolute atomic E-state index is 0.446. The van der Waals surface area contributed by atoms with E-state index in [1.165, 1.54) is 0 Å². The van der Waals surface area contributed by atoms with Gasteiger partial charge in [-0.3, -0.25) is 0 Å². The first-order chi connectivity index (χ1) is 8.24. The van der Waals surface area contributed by atoms with Crippen LogP contribution in [0.3, 0.4) is 0 Å². The third-order valence-electron chi connectivity index (χ3n) is 2.24. The van der Waals surface area contributed by atoms with Crippen LogP contribution in [-0.2, 0) is 0 Å². The molecule has 3 aromatic rings. The van der Waals surface area contributed by atoms with E-state index in [-0.39, 0.29) is 0 Å². The summed E-state index contributed by atoms with van der Waals surface area (Å²) < 4.78 is 0. The number of rotatable bonds is 1. The van der Waals surface area contributed by atoms with Crippen LogP contribution >= 0.6 is 22.9 Å². The molecule has 0 bridgehead atoms. The maximum absolute atomic E-state index is 6.13. The molecule has 0 radical (unpaired) electrons. The molecule has 6 heteroatoms. The summed E-state index contributed by atoms with van der Waals surface area (Å²) in [6, 6.07) is 3.73. The number of fused-ring (bicyclic) bond motifs is 1. The molecule has 17 heavy (non-hydrogen) atoms. The fraction of sp³-hybridized carbons (Fsp3) is 0.0909. The van der Waals surface area contributed by atoms with Crippen molar-refractivity contribution in [3.63, 3.8) is 0 Å². The van der Waals surface area contributed by atoms with Crippen molar-refractivity contribution in [1.82, 2.24) is 19.9 Å². The molecule has 0 unspecified atom stereocenters. The molecule has 0 saturated carbocycles. The Morgan fingerprint density at radius 3 is 2.65 bits per heavy atom. The predicted molar refractivity (Wildman–Crippen MR) is 68.2 cm³/mol. The van der Waals surface area contributed by atoms with Crippen molar-refractivity contribution in [2.24, 2.45) is 0 Å². The highest BCUT2D eigenvalue weighted by atomic mass is 35.5. The standard InChI is InChI=1S/C11H7ClN4S/c1-6-5-7-8(12)15-10(16-11(7)17-6)9-13-3-2-4-14-9/h2-5H,1H3. The monoisotopic (exact) mass is 262 g/mol. The summed E-state index contributed by atoms with van der Waals surface area (Å²) in [5.74, 6) is 0.951. The minimum atomic E-state index is 0.446. The first-order valence-electron chi connectivity index (χ1n) is 4.95. The molecule has 0 N–H and O–H groups in total. The molecule has 3 aromatic heterocycles. The van der Waals surface area contributed by atoms with E-state index in [1.807, 2.05) is 13.0 Å². The van der Waals surface area contributed by atoms with Crippen LogP contribution in [0.25, 0.3) is 21.9 Å². The second kappa shape index (κ2) is 4.01. The van der Waals surface area contributed by atoms with Gasteiger partial charge in [0.1, 0.15) is 9.98 Å². The molecule has 84 valence electrons. The Balaban J connectivity index is 2.25. The van der Waals surface area contributed by atoms with Gasteiger partial charge in [-0.2, -0.15) is 0 Å². The molecular weight excluding hydrogens is 256 g/mol. The fourth-order valence-electron chi connectivity index (χ4n) is 1.52. The van der Waals surface area contributed by atoms with Gasteiger partial charge in [0.15, 0.2) is 5.82 Å². The van der Waals surface area contributed by atoms with E-state index in [4.69, 9.17) is 11.6 Å². The zero-order valence-electron chi connectivity index (χ0n) is 8.88. The van der Waals surface area contributed by atoms with Gasteiger partial charge in [0.25, 0.3) is 0 Å². The first-order valence-corrected chi connectivity index (χ1v) is 6.14. The molecule has 0 aliphatic rings. The van der Waals surface area contributed by atoms with Gasteiger partial charge in [-0.05, 0) is 19.1 Å². The molecule has 4 nitrogen and oxygen atoms in total. The van der Waals surface area contributed by atoms with E-state index in [2.05, 4.69) is 19.9 Å². The van der Waals surface area contributed by atoms with Crippen molar-refractivity contribution in [2.75, 3.05) is 0 Å². The number of halogens is 1. The Hall–Kier alpha value is -1.59. The Morgan fingerprint density at radius 2 is 1.88 bits per heavy atom. The Bertz CT molecular complexity index is 681. The minimum Gasteiger partial charge on any atom is -0.234 e. The molecule has 0 aromatic carbocycles. The fourth-order valence-corrected chi connectivity index (χ4v) is 2.68. The maximum Gasteiger partial charge on any atom is 0.200 e. The Kier molecular flexibility index (Phi) is 2.49. The number of aromatic nitrogens is 4. The van der Waals surface area contributed by atoms with Gasteiger partial charge in [0.05, 0.1) is 0 Å². The normalized spacial score (nSPS) is 10.9. The summed E-state index contributed by atoms with van der Waals surface area (Å²) in [7, 11) is 0. The van der Waals surface area contributed by atoms with Crippen LogP contribution in [0.1, 0.15) is 4.88 Å². The Morgan fingerprint density at radius 1 is 1.12 bits per heavy atom. The number of hydrogen-bond donors (Lipinski definition) is 0. The van der Waals surface area contributed by atoms with E-state index in [9.17, 15) is 0 Å². The van der Waals surface area contributed by atoms with Crippen LogP contribution in [0.5, 0.6) is 0 Å². The second-order valence-corrected chi connectivity index (χ2v) is 5.08. The number of thiophene rings is 1. The van der Waals surface area contributed by atoms with Crippen molar-refractivity contribution in [3.8, 4) is 11.6 Å². The van der Waals surface area contributed by atoms with Crippen LogP contribution in [0.4, 0.5) is 0 Å². The highest BCUT2D eigenvalue weighted by molar-refractivity contribution is 7.18. The van der Waals surface area contributed by atoms with Gasteiger partial charge in [-0.1, -0.05) is 11.6 Å². The number of aryl methyl sites for hydroxylation is 1. The van der Waals surface area contributed by atoms with Crippen LogP contribution in [0.15, 0.2) is 24.5 Å². The summed E-state index contributed by atoms with van der Waals surface area (Å²) in [6.07, 6.45) is 3.31. The summed E-state index contributed by atoms with van der Waals surface area (Å²) in [6.45, 7) is 2.02. The van der Waals surface area contributed by atoms with Crippen LogP contribution in [0.2, 0.25) is 5.15 Å². The summed E-state index contributed by atoms with van der Waals surface area (Å²) in [5.41, 5.74) is 0. The van der Waals surface area contributed by atoms with Gasteiger partial charge in [0, 0.05) is 22.7 Å². The first kappa shape index (κ1) is 10.6. The molecule has 0 amide bonds. The lowest BCUT2D eigenvalue weighted by Gasteiger charge is -1.99. The topological polar surface area (TPSA) is 51.6 Å². The van der Waals surface area contributed by atoms with E-state index in [0.717, 1.165) is 15.1 Å². The van der Waals surface area contributed by atoms with Crippen molar-refractivity contribution in [1.29, 1.82) is 0 Å². The Labute approximate surface area is 106 Å². The van der Waals surface area contributed by atoms with Crippen LogP contribution in [-0.4, -0.2) is 19.9 Å². The molecule has 3 rings (SSSR count). The second-order valence-electron chi connectivity index (χ2n) is 3.49. The summed E-state index contributed by atoms with van der Waals surface area (Å²) >= 11 is 7.71. The summed E-state index contributed by atoms with van der Waals surface area (Å²) in [4.78, 5) is 18.9. The third kappa shape index (κ3) is 1.87. The highest BCUT2D eigenvalue weighted by Crippen LogP contribution is 2.29. The van der Waals surface area contributed by atoms with Gasteiger partial charge in [-0.15, -0.1) is 11.3 Å². The quantitative estimate of drug-likeness (QED) is 0.633. The molecule has 3 heterocycles. The average molecular weight is 263 g/mol. The van der Waals surface area contributed by atoms with E-state index >= 15 is 0 Å². The average Bonchev–Trinajstić information content (AvgIpc) is 2.71. The maximum atomic E-state index is 6.13. The molecule has 0 aliphatic heterocycles. The van der Waals surface area contributed by atoms with E-state index in [0.29, 0.717) is 16.8 Å². The lowest BCUT2D eigenvalue weighted by molar-refractivity contribution is 1.10. The molecule has 0 aliphatic carbocycles. The van der Waals surface area contributed by atoms with Crippen LogP contribution in [0, 0.1) is 6.92 Å². The molecule has 0 fully saturated rings. The molecule has 0 saturated heterocycles. The SMILES string of the molecule is Cc1cc2c(Cl)nc(-c3ncccn3)nc2s1.